The molecule has 0 heterocycles. The lowest BCUT2D eigenvalue weighted by Gasteiger charge is -1.98. The van der Waals surface area contributed by atoms with Gasteiger partial charge < -0.3 is 5.11 Å². The quantitative estimate of drug-likeness (QED) is 0.703. The number of benzene rings is 1. The minimum absolute atomic E-state index is 0.280. The van der Waals surface area contributed by atoms with Gasteiger partial charge in [0.05, 0.1) is 0 Å². The van der Waals surface area contributed by atoms with Gasteiger partial charge in [0.25, 0.3) is 0 Å². The topological polar surface area (TPSA) is 20.2 Å². The first-order chi connectivity index (χ1) is 4.61. The summed E-state index contributed by atoms with van der Waals surface area (Å²) in [5, 5.41) is 8.85. The fraction of sp³-hybridized carbons (Fsp3) is 0.143. The summed E-state index contributed by atoms with van der Waals surface area (Å²) in [6.07, 6.45) is 0. The third kappa shape index (κ3) is 1.39. The first kappa shape index (κ1) is 7.78. The molecule has 10 heavy (non-hydrogen) atoms. The summed E-state index contributed by atoms with van der Waals surface area (Å²) in [5.74, 6) is -0.840. The van der Waals surface area contributed by atoms with Crippen molar-refractivity contribution in [1.29, 1.82) is 0 Å². The number of phenols is 1. The van der Waals surface area contributed by atoms with Crippen LogP contribution in [0.4, 0.5) is 4.39 Å². The van der Waals surface area contributed by atoms with Gasteiger partial charge in [0.2, 0.25) is 0 Å². The molecule has 1 nitrogen and oxygen atoms in total. The average Bonchev–Trinajstić information content (AvgIpc) is 1.84. The van der Waals surface area contributed by atoms with Crippen LogP contribution >= 0.6 is 22.6 Å². The highest BCUT2D eigenvalue weighted by molar-refractivity contribution is 14.1. The molecule has 0 aliphatic heterocycles. The largest absolute Gasteiger partial charge is 0.505 e. The maximum absolute atomic E-state index is 12.5. The minimum Gasteiger partial charge on any atom is -0.505 e. The van der Waals surface area contributed by atoms with E-state index in [2.05, 4.69) is 0 Å². The lowest BCUT2D eigenvalue weighted by Crippen LogP contribution is -1.82. The fourth-order valence-electron chi connectivity index (χ4n) is 0.642. The molecule has 0 bridgehead atoms. The van der Waals surface area contributed by atoms with Crippen molar-refractivity contribution in [3.63, 3.8) is 0 Å². The van der Waals surface area contributed by atoms with Gasteiger partial charge in [-0.15, -0.1) is 0 Å². The van der Waals surface area contributed by atoms with Gasteiger partial charge in [-0.05, 0) is 47.2 Å². The summed E-state index contributed by atoms with van der Waals surface area (Å²) in [4.78, 5) is 0. The lowest BCUT2D eigenvalue weighted by molar-refractivity contribution is 0.431. The second-order valence-electron chi connectivity index (χ2n) is 2.05. The van der Waals surface area contributed by atoms with Crippen LogP contribution in [0.15, 0.2) is 12.1 Å². The highest BCUT2D eigenvalue weighted by atomic mass is 127. The van der Waals surface area contributed by atoms with Crippen LogP contribution in [-0.4, -0.2) is 5.11 Å². The van der Waals surface area contributed by atoms with Crippen molar-refractivity contribution in [2.75, 3.05) is 0 Å². The van der Waals surface area contributed by atoms with Crippen molar-refractivity contribution in [2.45, 2.75) is 6.92 Å². The van der Waals surface area contributed by atoms with Crippen molar-refractivity contribution in [1.82, 2.24) is 0 Å². The summed E-state index contributed by atoms with van der Waals surface area (Å²) in [6, 6.07) is 2.72. The van der Waals surface area contributed by atoms with Crippen molar-refractivity contribution in [3.05, 3.63) is 27.1 Å². The molecule has 0 saturated carbocycles. The minimum atomic E-state index is -0.560. The second-order valence-corrected chi connectivity index (χ2v) is 3.21. The van der Waals surface area contributed by atoms with Crippen LogP contribution in [0.2, 0.25) is 0 Å². The van der Waals surface area contributed by atoms with Crippen LogP contribution in [0.1, 0.15) is 5.56 Å². The number of halogens is 2. The van der Waals surface area contributed by atoms with E-state index in [0.717, 1.165) is 9.13 Å². The van der Waals surface area contributed by atoms with Crippen LogP contribution in [0.3, 0.4) is 0 Å². The van der Waals surface area contributed by atoms with Gasteiger partial charge in [-0.25, -0.2) is 4.39 Å². The Morgan fingerprint density at radius 3 is 2.60 bits per heavy atom. The molecule has 0 unspecified atom stereocenters. The van der Waals surface area contributed by atoms with Crippen molar-refractivity contribution >= 4 is 22.6 Å². The number of aromatic hydroxyl groups is 1. The molecular weight excluding hydrogens is 246 g/mol. The van der Waals surface area contributed by atoms with E-state index in [9.17, 15) is 4.39 Å². The van der Waals surface area contributed by atoms with Crippen LogP contribution in [0.25, 0.3) is 0 Å². The maximum atomic E-state index is 12.5. The van der Waals surface area contributed by atoms with Crippen molar-refractivity contribution < 1.29 is 9.50 Å². The molecule has 1 aromatic carbocycles. The molecule has 1 N–H and O–H groups in total. The first-order valence-corrected chi connectivity index (χ1v) is 3.84. The fourth-order valence-corrected chi connectivity index (χ4v) is 1.07. The highest BCUT2D eigenvalue weighted by Gasteiger charge is 2.02. The second kappa shape index (κ2) is 2.74. The number of aryl methyl sites for hydroxylation is 1. The Balaban J connectivity index is 3.28. The third-order valence-electron chi connectivity index (χ3n) is 1.23. The molecule has 0 aliphatic rings. The number of phenolic OH excluding ortho intramolecular Hbond substituents is 1. The molecule has 0 spiro atoms. The van der Waals surface area contributed by atoms with Crippen LogP contribution in [0.5, 0.6) is 5.75 Å². The Morgan fingerprint density at radius 1 is 1.50 bits per heavy atom. The zero-order valence-corrected chi connectivity index (χ0v) is 7.52. The molecule has 3 heteroatoms. The molecule has 0 aliphatic carbocycles. The molecule has 1 aromatic rings. The molecule has 0 amide bonds. The Bertz CT molecular complexity index is 210. The number of hydrogen-bond acceptors (Lipinski definition) is 1. The normalized spacial score (nSPS) is 9.90. The zero-order valence-electron chi connectivity index (χ0n) is 5.36. The first-order valence-electron chi connectivity index (χ1n) is 2.76. The lowest BCUT2D eigenvalue weighted by atomic mass is 10.2. The Kier molecular flexibility index (Phi) is 2.13. The predicted molar refractivity (Wildman–Crippen MR) is 45.5 cm³/mol. The summed E-state index contributed by atoms with van der Waals surface area (Å²) in [5.41, 5.74) is 0.888. The summed E-state index contributed by atoms with van der Waals surface area (Å²) < 4.78 is 13.3. The van der Waals surface area contributed by atoms with E-state index in [1.54, 1.807) is 0 Å². The van der Waals surface area contributed by atoms with Gasteiger partial charge in [-0.1, -0.05) is 0 Å². The van der Waals surface area contributed by atoms with Gasteiger partial charge in [0.15, 0.2) is 11.6 Å². The molecule has 0 radical (unpaired) electrons. The van der Waals surface area contributed by atoms with E-state index in [-0.39, 0.29) is 5.75 Å². The Labute approximate surface area is 72.0 Å². The molecule has 0 aromatic heterocycles. The third-order valence-corrected chi connectivity index (χ3v) is 2.39. The van der Waals surface area contributed by atoms with E-state index in [1.165, 1.54) is 12.1 Å². The van der Waals surface area contributed by atoms with E-state index in [0.29, 0.717) is 0 Å². The van der Waals surface area contributed by atoms with Crippen LogP contribution < -0.4 is 0 Å². The van der Waals surface area contributed by atoms with Gasteiger partial charge >= 0.3 is 0 Å². The molecule has 0 saturated heterocycles. The van der Waals surface area contributed by atoms with E-state index in [4.69, 9.17) is 5.11 Å². The SMILES string of the molecule is Cc1cc(O)c(F)cc1I. The standard InChI is InChI=1S/C7H6FIO/c1-4-2-7(10)5(8)3-6(4)9/h2-3,10H,1H3. The van der Waals surface area contributed by atoms with Crippen LogP contribution in [0, 0.1) is 16.3 Å². The molecule has 0 atom stereocenters. The smallest absolute Gasteiger partial charge is 0.165 e. The summed E-state index contributed by atoms with van der Waals surface area (Å²) in [6.45, 7) is 1.82. The Morgan fingerprint density at radius 2 is 2.10 bits per heavy atom. The average molecular weight is 252 g/mol. The zero-order chi connectivity index (χ0) is 7.72. The van der Waals surface area contributed by atoms with Gasteiger partial charge in [-0.3, -0.25) is 0 Å². The van der Waals surface area contributed by atoms with E-state index >= 15 is 0 Å². The van der Waals surface area contributed by atoms with E-state index < -0.39 is 5.82 Å². The Hall–Kier alpha value is -0.320. The molecule has 1 rings (SSSR count). The number of hydrogen-bond donors (Lipinski definition) is 1. The predicted octanol–water partition coefficient (Wildman–Crippen LogP) is 2.44. The van der Waals surface area contributed by atoms with Gasteiger partial charge in [0.1, 0.15) is 0 Å². The molecular formula is C7H6FIO. The van der Waals surface area contributed by atoms with Crippen molar-refractivity contribution in [2.24, 2.45) is 0 Å². The summed E-state index contributed by atoms with van der Waals surface area (Å²) in [7, 11) is 0. The molecule has 0 fully saturated rings. The maximum Gasteiger partial charge on any atom is 0.165 e. The highest BCUT2D eigenvalue weighted by Crippen LogP contribution is 2.21. The van der Waals surface area contributed by atoms with E-state index in [1.807, 2.05) is 29.5 Å². The van der Waals surface area contributed by atoms with Gasteiger partial charge in [0, 0.05) is 3.57 Å². The monoisotopic (exact) mass is 252 g/mol. The molecule has 54 valence electrons. The summed E-state index contributed by atoms with van der Waals surface area (Å²) >= 11 is 2.02. The van der Waals surface area contributed by atoms with Crippen LogP contribution in [-0.2, 0) is 0 Å². The number of rotatable bonds is 0. The van der Waals surface area contributed by atoms with Crippen molar-refractivity contribution in [3.8, 4) is 5.75 Å². The van der Waals surface area contributed by atoms with Gasteiger partial charge in [-0.2, -0.15) is 0 Å².